The SMILES string of the molecule is CCCCC(O)CN(CCC)Cc1c(CC)nn(-c2ccccc2)c1Oc1ccc(OC)cc1. The molecule has 0 bridgehead atoms. The number of ether oxygens (including phenoxy) is 2. The van der Waals surface area contributed by atoms with E-state index in [-0.39, 0.29) is 6.10 Å². The van der Waals surface area contributed by atoms with Crippen molar-refractivity contribution in [1.29, 1.82) is 0 Å². The van der Waals surface area contributed by atoms with Crippen LogP contribution in [0.3, 0.4) is 0 Å². The van der Waals surface area contributed by atoms with E-state index < -0.39 is 0 Å². The summed E-state index contributed by atoms with van der Waals surface area (Å²) in [6, 6.07) is 17.7. The van der Waals surface area contributed by atoms with E-state index in [1.165, 1.54) is 0 Å². The number of hydrogen-bond acceptors (Lipinski definition) is 5. The lowest BCUT2D eigenvalue weighted by molar-refractivity contribution is 0.0990. The van der Waals surface area contributed by atoms with E-state index in [0.29, 0.717) is 13.1 Å². The van der Waals surface area contributed by atoms with E-state index in [2.05, 4.69) is 25.7 Å². The standard InChI is InChI=1S/C28H39N3O3/c1-5-8-14-23(32)20-30(19-6-2)21-26-27(7-3)29-31(22-12-10-9-11-13-22)28(26)34-25-17-15-24(33-4)16-18-25/h9-13,15-18,23,32H,5-8,14,19-21H2,1-4H3. The number of benzene rings is 2. The average Bonchev–Trinajstić information content (AvgIpc) is 3.20. The van der Waals surface area contributed by atoms with Crippen LogP contribution in [0, 0.1) is 0 Å². The highest BCUT2D eigenvalue weighted by Gasteiger charge is 2.23. The summed E-state index contributed by atoms with van der Waals surface area (Å²) in [7, 11) is 1.66. The molecule has 1 N–H and O–H groups in total. The number of aliphatic hydroxyl groups is 1. The number of aliphatic hydroxyl groups excluding tert-OH is 1. The Kier molecular flexibility index (Phi) is 9.98. The summed E-state index contributed by atoms with van der Waals surface area (Å²) in [5, 5.41) is 15.6. The monoisotopic (exact) mass is 465 g/mol. The first-order valence-electron chi connectivity index (χ1n) is 12.5. The molecule has 0 amide bonds. The molecule has 0 aliphatic rings. The lowest BCUT2D eigenvalue weighted by Gasteiger charge is -2.25. The van der Waals surface area contributed by atoms with E-state index in [1.807, 2.05) is 59.3 Å². The van der Waals surface area contributed by atoms with Gasteiger partial charge in [0.05, 0.1) is 30.2 Å². The van der Waals surface area contributed by atoms with Crippen molar-refractivity contribution in [3.05, 3.63) is 65.9 Å². The largest absolute Gasteiger partial charge is 0.497 e. The Hall–Kier alpha value is -2.83. The van der Waals surface area contributed by atoms with Crippen molar-refractivity contribution in [3.8, 4) is 23.1 Å². The molecule has 0 spiro atoms. The molecule has 34 heavy (non-hydrogen) atoms. The second-order valence-corrected chi connectivity index (χ2v) is 8.64. The summed E-state index contributed by atoms with van der Waals surface area (Å²) < 4.78 is 13.7. The Morgan fingerprint density at radius 1 is 0.971 bits per heavy atom. The molecule has 0 radical (unpaired) electrons. The van der Waals surface area contributed by atoms with Gasteiger partial charge in [0.1, 0.15) is 11.5 Å². The van der Waals surface area contributed by atoms with Gasteiger partial charge in [0.25, 0.3) is 0 Å². The van der Waals surface area contributed by atoms with E-state index >= 15 is 0 Å². The van der Waals surface area contributed by atoms with Gasteiger partial charge < -0.3 is 14.6 Å². The van der Waals surface area contributed by atoms with Crippen LogP contribution in [0.15, 0.2) is 54.6 Å². The van der Waals surface area contributed by atoms with Crippen molar-refractivity contribution in [3.63, 3.8) is 0 Å². The molecule has 3 aromatic rings. The summed E-state index contributed by atoms with van der Waals surface area (Å²) in [6.45, 7) is 8.69. The topological polar surface area (TPSA) is 59.8 Å². The van der Waals surface area contributed by atoms with Crippen molar-refractivity contribution in [2.45, 2.75) is 65.5 Å². The fraction of sp³-hybridized carbons (Fsp3) is 0.464. The maximum Gasteiger partial charge on any atom is 0.227 e. The van der Waals surface area contributed by atoms with Crippen molar-refractivity contribution >= 4 is 0 Å². The quantitative estimate of drug-likeness (QED) is 0.316. The molecule has 3 rings (SSSR count). The molecule has 0 saturated heterocycles. The first-order chi connectivity index (χ1) is 16.6. The fourth-order valence-corrected chi connectivity index (χ4v) is 4.13. The zero-order valence-electron chi connectivity index (χ0n) is 21.0. The normalized spacial score (nSPS) is 12.2. The Balaban J connectivity index is 1.98. The molecule has 2 aromatic carbocycles. The minimum atomic E-state index is -0.327. The maximum absolute atomic E-state index is 10.6. The summed E-state index contributed by atoms with van der Waals surface area (Å²) in [5.74, 6) is 2.23. The molecule has 0 saturated carbocycles. The molecule has 0 fully saturated rings. The third-order valence-electron chi connectivity index (χ3n) is 5.91. The lowest BCUT2D eigenvalue weighted by atomic mass is 10.1. The number of aryl methyl sites for hydroxylation is 1. The van der Waals surface area contributed by atoms with Gasteiger partial charge in [0.15, 0.2) is 0 Å². The Bertz CT molecular complexity index is 986. The Morgan fingerprint density at radius 3 is 2.29 bits per heavy atom. The van der Waals surface area contributed by atoms with Gasteiger partial charge in [-0.15, -0.1) is 0 Å². The molecular weight excluding hydrogens is 426 g/mol. The molecule has 1 unspecified atom stereocenters. The zero-order valence-corrected chi connectivity index (χ0v) is 21.0. The van der Waals surface area contributed by atoms with Crippen molar-refractivity contribution < 1.29 is 14.6 Å². The summed E-state index contributed by atoms with van der Waals surface area (Å²) in [4.78, 5) is 2.33. The first-order valence-corrected chi connectivity index (χ1v) is 12.5. The summed E-state index contributed by atoms with van der Waals surface area (Å²) >= 11 is 0. The molecule has 1 atom stereocenters. The van der Waals surface area contributed by atoms with Gasteiger partial charge in [0.2, 0.25) is 5.88 Å². The van der Waals surface area contributed by atoms with Crippen LogP contribution in [0.4, 0.5) is 0 Å². The van der Waals surface area contributed by atoms with Crippen molar-refractivity contribution in [2.24, 2.45) is 0 Å². The van der Waals surface area contributed by atoms with Crippen LogP contribution in [0.2, 0.25) is 0 Å². The average molecular weight is 466 g/mol. The third kappa shape index (κ3) is 6.84. The zero-order chi connectivity index (χ0) is 24.3. The first kappa shape index (κ1) is 25.8. The molecule has 6 nitrogen and oxygen atoms in total. The predicted octanol–water partition coefficient (Wildman–Crippen LogP) is 6.00. The van der Waals surface area contributed by atoms with Gasteiger partial charge in [0, 0.05) is 13.1 Å². The van der Waals surface area contributed by atoms with E-state index in [4.69, 9.17) is 14.6 Å². The van der Waals surface area contributed by atoms with E-state index in [0.717, 1.165) is 73.0 Å². The molecule has 0 aliphatic carbocycles. The van der Waals surface area contributed by atoms with Gasteiger partial charge in [-0.05, 0) is 62.2 Å². The van der Waals surface area contributed by atoms with Gasteiger partial charge in [-0.1, -0.05) is 51.8 Å². The lowest BCUT2D eigenvalue weighted by Crippen LogP contribution is -2.33. The number of aromatic nitrogens is 2. The van der Waals surface area contributed by atoms with E-state index in [9.17, 15) is 5.11 Å². The van der Waals surface area contributed by atoms with Crippen LogP contribution >= 0.6 is 0 Å². The van der Waals surface area contributed by atoms with Crippen molar-refractivity contribution in [2.75, 3.05) is 20.2 Å². The summed E-state index contributed by atoms with van der Waals surface area (Å²) in [6.07, 6.45) is 4.45. The van der Waals surface area contributed by atoms with Crippen LogP contribution in [-0.2, 0) is 13.0 Å². The molecular formula is C28H39N3O3. The molecule has 184 valence electrons. The van der Waals surface area contributed by atoms with Gasteiger partial charge >= 0.3 is 0 Å². The Labute approximate surface area is 204 Å². The fourth-order valence-electron chi connectivity index (χ4n) is 4.13. The summed E-state index contributed by atoms with van der Waals surface area (Å²) in [5.41, 5.74) is 3.03. The number of hydrogen-bond donors (Lipinski definition) is 1. The minimum absolute atomic E-state index is 0.327. The van der Waals surface area contributed by atoms with E-state index in [1.54, 1.807) is 7.11 Å². The van der Waals surface area contributed by atoms with Gasteiger partial charge in [-0.2, -0.15) is 5.10 Å². The van der Waals surface area contributed by atoms with Gasteiger partial charge in [-0.25, -0.2) is 4.68 Å². The number of methoxy groups -OCH3 is 1. The second kappa shape index (κ2) is 13.2. The Morgan fingerprint density at radius 2 is 1.68 bits per heavy atom. The highest BCUT2D eigenvalue weighted by molar-refractivity contribution is 5.44. The number of rotatable bonds is 14. The smallest absolute Gasteiger partial charge is 0.227 e. The van der Waals surface area contributed by atoms with Crippen molar-refractivity contribution in [1.82, 2.24) is 14.7 Å². The third-order valence-corrected chi connectivity index (χ3v) is 5.91. The predicted molar refractivity (Wildman–Crippen MR) is 137 cm³/mol. The number of para-hydroxylation sites is 1. The highest BCUT2D eigenvalue weighted by Crippen LogP contribution is 2.33. The second-order valence-electron chi connectivity index (χ2n) is 8.64. The van der Waals surface area contributed by atoms with Crippen LogP contribution in [0.25, 0.3) is 5.69 Å². The van der Waals surface area contributed by atoms with Crippen LogP contribution in [0.1, 0.15) is 57.7 Å². The van der Waals surface area contributed by atoms with Gasteiger partial charge in [-0.3, -0.25) is 4.90 Å². The minimum Gasteiger partial charge on any atom is -0.497 e. The highest BCUT2D eigenvalue weighted by atomic mass is 16.5. The van der Waals surface area contributed by atoms with Crippen LogP contribution < -0.4 is 9.47 Å². The molecule has 6 heteroatoms. The molecule has 1 heterocycles. The molecule has 1 aromatic heterocycles. The number of unbranched alkanes of at least 4 members (excludes halogenated alkanes) is 1. The molecule has 0 aliphatic heterocycles. The van der Waals surface area contributed by atoms with Crippen LogP contribution in [-0.4, -0.2) is 46.1 Å². The maximum atomic E-state index is 10.6. The van der Waals surface area contributed by atoms with Crippen LogP contribution in [0.5, 0.6) is 17.4 Å². The number of nitrogens with zero attached hydrogens (tertiary/aromatic N) is 3.